The van der Waals surface area contributed by atoms with Gasteiger partial charge in [-0.15, -0.1) is 0 Å². The molecule has 0 aromatic heterocycles. The van der Waals surface area contributed by atoms with Crippen LogP contribution in [-0.4, -0.2) is 29.4 Å². The van der Waals surface area contributed by atoms with E-state index in [-0.39, 0.29) is 17.3 Å². The van der Waals surface area contributed by atoms with Crippen LogP contribution in [0.4, 0.5) is 5.69 Å². The minimum absolute atomic E-state index is 0.0572. The molecule has 0 spiro atoms. The zero-order valence-electron chi connectivity index (χ0n) is 22.6. The van der Waals surface area contributed by atoms with Gasteiger partial charge in [0, 0.05) is 11.3 Å². The third kappa shape index (κ3) is 5.24. The summed E-state index contributed by atoms with van der Waals surface area (Å²) in [6, 6.07) is 19.0. The highest BCUT2D eigenvalue weighted by molar-refractivity contribution is 6.51. The van der Waals surface area contributed by atoms with E-state index in [0.717, 1.165) is 31.2 Å². The zero-order chi connectivity index (χ0) is 27.7. The van der Waals surface area contributed by atoms with E-state index in [9.17, 15) is 19.5 Å². The average Bonchev–Trinajstić information content (AvgIpc) is 3.21. The van der Waals surface area contributed by atoms with Crippen molar-refractivity contribution in [2.24, 2.45) is 5.92 Å². The molecule has 1 unspecified atom stereocenters. The normalized spacial score (nSPS) is 18.4. The minimum Gasteiger partial charge on any atom is -0.507 e. The molecule has 1 atom stereocenters. The van der Waals surface area contributed by atoms with Crippen LogP contribution in [0, 0.1) is 12.8 Å². The molecule has 6 nitrogen and oxygen atoms in total. The molecule has 1 N–H and O–H groups in total. The summed E-state index contributed by atoms with van der Waals surface area (Å²) in [5.41, 5.74) is 5.53. The van der Waals surface area contributed by atoms with Gasteiger partial charge in [0.05, 0.1) is 23.8 Å². The average molecular weight is 524 g/mol. The van der Waals surface area contributed by atoms with Gasteiger partial charge < -0.3 is 9.84 Å². The second kappa shape index (κ2) is 10.9. The number of aliphatic hydroxyl groups excluding tert-OH is 1. The number of hydrogen-bond donors (Lipinski definition) is 1. The third-order valence-corrected chi connectivity index (χ3v) is 7.35. The lowest BCUT2D eigenvalue weighted by Crippen LogP contribution is -2.29. The Morgan fingerprint density at radius 2 is 1.64 bits per heavy atom. The number of Topliss-reactive ketones (excluding diaryl/α,β-unsaturated/α-hetero) is 1. The van der Waals surface area contributed by atoms with E-state index >= 15 is 0 Å². The molecular weight excluding hydrogens is 490 g/mol. The van der Waals surface area contributed by atoms with Gasteiger partial charge in [0.15, 0.2) is 0 Å². The number of esters is 1. The van der Waals surface area contributed by atoms with Gasteiger partial charge >= 0.3 is 5.97 Å². The lowest BCUT2D eigenvalue weighted by atomic mass is 9.88. The predicted molar refractivity (Wildman–Crippen MR) is 151 cm³/mol. The number of benzene rings is 3. The van der Waals surface area contributed by atoms with E-state index in [1.807, 2.05) is 63.2 Å². The number of carbonyl (C=O) groups excluding carboxylic acids is 3. The molecule has 3 aromatic rings. The Hall–Kier alpha value is -4.19. The molecule has 1 amide bonds. The molecule has 0 radical (unpaired) electrons. The smallest absolute Gasteiger partial charge is 0.338 e. The fourth-order valence-corrected chi connectivity index (χ4v) is 5.37. The first-order valence-electron chi connectivity index (χ1n) is 13.5. The molecule has 6 heteroatoms. The SMILES string of the molecule is Cc1cccc(C2/C(=C(/O)c3ccc4c(c3)CCCC4)C(=O)C(=O)N2c2ccc(C(=O)OCC(C)C)cc2)c1. The summed E-state index contributed by atoms with van der Waals surface area (Å²) in [4.78, 5) is 40.8. The molecule has 1 heterocycles. The molecule has 1 saturated heterocycles. The first-order chi connectivity index (χ1) is 18.7. The Kier molecular flexibility index (Phi) is 7.38. The van der Waals surface area contributed by atoms with Gasteiger partial charge in [-0.2, -0.15) is 0 Å². The summed E-state index contributed by atoms with van der Waals surface area (Å²) in [6.07, 6.45) is 4.17. The van der Waals surface area contributed by atoms with Crippen LogP contribution in [-0.2, 0) is 27.2 Å². The number of aryl methyl sites for hydroxylation is 3. The van der Waals surface area contributed by atoms with E-state index in [2.05, 4.69) is 0 Å². The van der Waals surface area contributed by atoms with E-state index < -0.39 is 23.7 Å². The molecule has 0 saturated carbocycles. The van der Waals surface area contributed by atoms with Gasteiger partial charge in [-0.05, 0) is 85.5 Å². The van der Waals surface area contributed by atoms with Crippen molar-refractivity contribution >= 4 is 29.1 Å². The van der Waals surface area contributed by atoms with Gasteiger partial charge in [0.2, 0.25) is 0 Å². The Balaban J connectivity index is 1.58. The van der Waals surface area contributed by atoms with Crippen molar-refractivity contribution in [1.82, 2.24) is 0 Å². The third-order valence-electron chi connectivity index (χ3n) is 7.35. The molecule has 0 bridgehead atoms. The first-order valence-corrected chi connectivity index (χ1v) is 13.5. The molecule has 1 aliphatic carbocycles. The quantitative estimate of drug-likeness (QED) is 0.177. The Labute approximate surface area is 228 Å². The summed E-state index contributed by atoms with van der Waals surface area (Å²) >= 11 is 0. The fraction of sp³-hybridized carbons (Fsp3) is 0.303. The number of ether oxygens (including phenoxy) is 1. The molecule has 2 aliphatic rings. The number of aliphatic hydroxyl groups is 1. The highest BCUT2D eigenvalue weighted by Crippen LogP contribution is 2.42. The van der Waals surface area contributed by atoms with Crippen molar-refractivity contribution in [2.45, 2.75) is 52.5 Å². The fourth-order valence-electron chi connectivity index (χ4n) is 5.37. The highest BCUT2D eigenvalue weighted by Gasteiger charge is 2.47. The standard InChI is InChI=1S/C33H33NO5/c1-20(2)19-39-33(38)23-13-15-27(16-14-23)34-29(25-10-6-7-21(3)17-25)28(31(36)32(34)37)30(35)26-12-11-22-8-4-5-9-24(22)18-26/h6-7,10-18,20,29,35H,4-5,8-9,19H2,1-3H3/b30-28-. The Bertz CT molecular complexity index is 1470. The number of anilines is 1. The highest BCUT2D eigenvalue weighted by atomic mass is 16.5. The van der Waals surface area contributed by atoms with Crippen molar-refractivity contribution in [3.05, 3.63) is 106 Å². The molecular formula is C33H33NO5. The van der Waals surface area contributed by atoms with Crippen LogP contribution in [0.2, 0.25) is 0 Å². The van der Waals surface area contributed by atoms with Crippen molar-refractivity contribution in [2.75, 3.05) is 11.5 Å². The maximum atomic E-state index is 13.5. The van der Waals surface area contributed by atoms with Gasteiger partial charge in [-0.1, -0.05) is 55.8 Å². The van der Waals surface area contributed by atoms with Crippen molar-refractivity contribution < 1.29 is 24.2 Å². The van der Waals surface area contributed by atoms with Crippen molar-refractivity contribution in [3.63, 3.8) is 0 Å². The lowest BCUT2D eigenvalue weighted by molar-refractivity contribution is -0.132. The topological polar surface area (TPSA) is 83.9 Å². The monoisotopic (exact) mass is 523 g/mol. The van der Waals surface area contributed by atoms with Crippen LogP contribution < -0.4 is 4.90 Å². The van der Waals surface area contributed by atoms with Gasteiger partial charge in [-0.25, -0.2) is 4.79 Å². The number of nitrogens with zero attached hydrogens (tertiary/aromatic N) is 1. The van der Waals surface area contributed by atoms with Crippen LogP contribution in [0.5, 0.6) is 0 Å². The molecule has 5 rings (SSSR count). The molecule has 1 fully saturated rings. The van der Waals surface area contributed by atoms with Crippen molar-refractivity contribution in [1.29, 1.82) is 0 Å². The van der Waals surface area contributed by atoms with E-state index in [1.165, 1.54) is 16.0 Å². The summed E-state index contributed by atoms with van der Waals surface area (Å²) in [5, 5.41) is 11.5. The zero-order valence-corrected chi connectivity index (χ0v) is 22.6. The Morgan fingerprint density at radius 3 is 2.33 bits per heavy atom. The summed E-state index contributed by atoms with van der Waals surface area (Å²) in [6.45, 7) is 6.17. The Morgan fingerprint density at radius 1 is 0.949 bits per heavy atom. The van der Waals surface area contributed by atoms with Crippen LogP contribution >= 0.6 is 0 Å². The maximum Gasteiger partial charge on any atom is 0.338 e. The van der Waals surface area contributed by atoms with E-state index in [4.69, 9.17) is 4.74 Å². The number of rotatable bonds is 6. The lowest BCUT2D eigenvalue weighted by Gasteiger charge is -2.26. The van der Waals surface area contributed by atoms with Crippen LogP contribution in [0.1, 0.15) is 70.9 Å². The van der Waals surface area contributed by atoms with E-state index in [1.54, 1.807) is 24.3 Å². The number of carbonyl (C=O) groups is 3. The molecule has 200 valence electrons. The maximum absolute atomic E-state index is 13.5. The predicted octanol–water partition coefficient (Wildman–Crippen LogP) is 6.31. The number of fused-ring (bicyclic) bond motifs is 1. The molecule has 39 heavy (non-hydrogen) atoms. The second-order valence-corrected chi connectivity index (χ2v) is 10.8. The number of amides is 1. The van der Waals surface area contributed by atoms with Crippen LogP contribution in [0.3, 0.4) is 0 Å². The first kappa shape index (κ1) is 26.4. The van der Waals surface area contributed by atoms with E-state index in [0.29, 0.717) is 29.0 Å². The summed E-state index contributed by atoms with van der Waals surface area (Å²) in [5.74, 6) is -1.87. The summed E-state index contributed by atoms with van der Waals surface area (Å²) in [7, 11) is 0. The van der Waals surface area contributed by atoms with Gasteiger partial charge in [0.1, 0.15) is 5.76 Å². The van der Waals surface area contributed by atoms with Gasteiger partial charge in [-0.3, -0.25) is 14.5 Å². The number of hydrogen-bond acceptors (Lipinski definition) is 5. The summed E-state index contributed by atoms with van der Waals surface area (Å²) < 4.78 is 5.32. The molecule has 3 aromatic carbocycles. The minimum atomic E-state index is -0.820. The van der Waals surface area contributed by atoms with Crippen molar-refractivity contribution in [3.8, 4) is 0 Å². The second-order valence-electron chi connectivity index (χ2n) is 10.8. The number of ketones is 1. The van der Waals surface area contributed by atoms with Crippen LogP contribution in [0.25, 0.3) is 5.76 Å². The largest absolute Gasteiger partial charge is 0.507 e. The molecule has 1 aliphatic heterocycles. The van der Waals surface area contributed by atoms with Gasteiger partial charge in [0.25, 0.3) is 11.7 Å². The van der Waals surface area contributed by atoms with Crippen LogP contribution in [0.15, 0.2) is 72.3 Å².